The van der Waals surface area contributed by atoms with E-state index in [1.165, 1.54) is 32.1 Å². The average molecular weight is 225 g/mol. The topological polar surface area (TPSA) is 12.4 Å². The van der Waals surface area contributed by atoms with Gasteiger partial charge in [-0.3, -0.25) is 4.99 Å². The molecule has 0 saturated carbocycles. The maximum Gasteiger partial charge on any atom is 0.0389 e. The molecule has 1 nitrogen and oxygen atoms in total. The van der Waals surface area contributed by atoms with Crippen LogP contribution in [0.25, 0.3) is 0 Å². The van der Waals surface area contributed by atoms with E-state index in [-0.39, 0.29) is 0 Å². The van der Waals surface area contributed by atoms with Crippen LogP contribution in [-0.4, -0.2) is 12.8 Å². The van der Waals surface area contributed by atoms with E-state index in [4.69, 9.17) is 0 Å². The molecule has 0 amide bonds. The summed E-state index contributed by atoms with van der Waals surface area (Å²) in [5.41, 5.74) is 0. The molecule has 16 heavy (non-hydrogen) atoms. The average Bonchev–Trinajstić information content (AvgIpc) is 2.41. The molecule has 1 aliphatic heterocycles. The minimum atomic E-state index is 0.731. The van der Waals surface area contributed by atoms with Gasteiger partial charge < -0.3 is 0 Å². The zero-order valence-corrected chi connectivity index (χ0v) is 12.0. The van der Waals surface area contributed by atoms with Crippen LogP contribution in [0, 0.1) is 5.92 Å². The Hall–Kier alpha value is -0.590. The lowest BCUT2D eigenvalue weighted by molar-refractivity contribution is 0.557. The van der Waals surface area contributed by atoms with Crippen molar-refractivity contribution in [3.63, 3.8) is 0 Å². The third-order valence-electron chi connectivity index (χ3n) is 2.33. The standard InChI is InChI=1S/C11H19N.2C2H6/c1-11-7-4-2-3-5-9-12-10-6-8-11;2*1-2/h6,8,10-11H,2-5,7,9H2,1H3;2*1-2H3/b8-6-,12-10?;;. The SMILES string of the molecule is CC.CC.CC1/C=C\C=NCCCCCC1. The van der Waals surface area contributed by atoms with Crippen molar-refractivity contribution >= 4 is 6.21 Å². The minimum absolute atomic E-state index is 0.731. The van der Waals surface area contributed by atoms with Crippen LogP contribution in [0.3, 0.4) is 0 Å². The molecule has 96 valence electrons. The van der Waals surface area contributed by atoms with Crippen LogP contribution in [0.4, 0.5) is 0 Å². The van der Waals surface area contributed by atoms with E-state index in [0.717, 1.165) is 12.5 Å². The Kier molecular flexibility index (Phi) is 18.7. The molecule has 0 N–H and O–H groups in total. The minimum Gasteiger partial charge on any atom is -0.293 e. The highest BCUT2D eigenvalue weighted by Gasteiger charge is 1.97. The van der Waals surface area contributed by atoms with Gasteiger partial charge >= 0.3 is 0 Å². The molecule has 0 saturated heterocycles. The van der Waals surface area contributed by atoms with Crippen LogP contribution in [0.5, 0.6) is 0 Å². The molecule has 1 rings (SSSR count). The Labute approximate surface area is 103 Å². The van der Waals surface area contributed by atoms with Crippen LogP contribution < -0.4 is 0 Å². The predicted molar refractivity (Wildman–Crippen MR) is 77.4 cm³/mol. The second-order valence-electron chi connectivity index (χ2n) is 3.62. The lowest BCUT2D eigenvalue weighted by atomic mass is 10.0. The summed E-state index contributed by atoms with van der Waals surface area (Å²) in [6.07, 6.45) is 13.0. The highest BCUT2D eigenvalue weighted by Crippen LogP contribution is 2.11. The van der Waals surface area contributed by atoms with E-state index in [2.05, 4.69) is 24.1 Å². The molecule has 0 aliphatic carbocycles. The Morgan fingerprint density at radius 3 is 2.25 bits per heavy atom. The number of nitrogens with zero attached hydrogens (tertiary/aromatic N) is 1. The van der Waals surface area contributed by atoms with Crippen LogP contribution in [0.2, 0.25) is 0 Å². The van der Waals surface area contributed by atoms with Gasteiger partial charge in [0.05, 0.1) is 0 Å². The highest BCUT2D eigenvalue weighted by molar-refractivity contribution is 5.70. The van der Waals surface area contributed by atoms with Gasteiger partial charge in [0.2, 0.25) is 0 Å². The second kappa shape index (κ2) is 16.8. The summed E-state index contributed by atoms with van der Waals surface area (Å²) >= 11 is 0. The van der Waals surface area contributed by atoms with E-state index in [0.29, 0.717) is 0 Å². The molecule has 0 bridgehead atoms. The number of hydrogen-bond acceptors (Lipinski definition) is 1. The van der Waals surface area contributed by atoms with Gasteiger partial charge in [-0.05, 0) is 24.8 Å². The van der Waals surface area contributed by atoms with Crippen molar-refractivity contribution < 1.29 is 0 Å². The Balaban J connectivity index is 0. The van der Waals surface area contributed by atoms with Crippen molar-refractivity contribution in [2.24, 2.45) is 10.9 Å². The van der Waals surface area contributed by atoms with Crippen molar-refractivity contribution in [3.05, 3.63) is 12.2 Å². The molecule has 0 aromatic heterocycles. The number of hydrogen-bond donors (Lipinski definition) is 0. The summed E-state index contributed by atoms with van der Waals surface area (Å²) < 4.78 is 0. The number of rotatable bonds is 0. The first-order valence-electron chi connectivity index (χ1n) is 7.06. The molecule has 1 unspecified atom stereocenters. The fraction of sp³-hybridized carbons (Fsp3) is 0.800. The van der Waals surface area contributed by atoms with Gasteiger partial charge in [0.25, 0.3) is 0 Å². The molecule has 0 aromatic rings. The smallest absolute Gasteiger partial charge is 0.0389 e. The Bertz CT molecular complexity index is 159. The summed E-state index contributed by atoms with van der Waals surface area (Å²) in [5, 5.41) is 0. The van der Waals surface area contributed by atoms with Gasteiger partial charge in [-0.2, -0.15) is 0 Å². The van der Waals surface area contributed by atoms with Gasteiger partial charge in [0.1, 0.15) is 0 Å². The first-order chi connectivity index (χ1) is 7.89. The number of aliphatic imine (C=N–C) groups is 1. The first kappa shape index (κ1) is 17.8. The van der Waals surface area contributed by atoms with E-state index < -0.39 is 0 Å². The molecular weight excluding hydrogens is 194 g/mol. The Morgan fingerprint density at radius 1 is 0.938 bits per heavy atom. The maximum atomic E-state index is 4.30. The van der Waals surface area contributed by atoms with E-state index in [9.17, 15) is 0 Å². The van der Waals surface area contributed by atoms with Crippen molar-refractivity contribution in [1.82, 2.24) is 0 Å². The summed E-state index contributed by atoms with van der Waals surface area (Å²) in [7, 11) is 0. The van der Waals surface area contributed by atoms with Crippen LogP contribution in [-0.2, 0) is 0 Å². The monoisotopic (exact) mass is 225 g/mol. The van der Waals surface area contributed by atoms with Gasteiger partial charge in [0, 0.05) is 12.8 Å². The van der Waals surface area contributed by atoms with E-state index in [1.807, 2.05) is 33.9 Å². The molecule has 0 radical (unpaired) electrons. The fourth-order valence-corrected chi connectivity index (χ4v) is 1.49. The summed E-state index contributed by atoms with van der Waals surface area (Å²) in [6.45, 7) is 11.3. The molecule has 0 fully saturated rings. The van der Waals surface area contributed by atoms with Crippen LogP contribution >= 0.6 is 0 Å². The molecule has 0 aromatic carbocycles. The van der Waals surface area contributed by atoms with E-state index in [1.54, 1.807) is 0 Å². The van der Waals surface area contributed by atoms with E-state index >= 15 is 0 Å². The normalized spacial score (nSPS) is 22.7. The summed E-state index contributed by atoms with van der Waals surface area (Å²) in [4.78, 5) is 4.30. The van der Waals surface area contributed by atoms with Crippen molar-refractivity contribution in [2.45, 2.75) is 66.7 Å². The van der Waals surface area contributed by atoms with Crippen molar-refractivity contribution in [3.8, 4) is 0 Å². The van der Waals surface area contributed by atoms with Gasteiger partial charge in [-0.25, -0.2) is 0 Å². The van der Waals surface area contributed by atoms with Crippen molar-refractivity contribution in [2.75, 3.05) is 6.54 Å². The van der Waals surface area contributed by atoms with Crippen LogP contribution in [0.1, 0.15) is 66.7 Å². The van der Waals surface area contributed by atoms with Gasteiger partial charge in [-0.15, -0.1) is 0 Å². The lowest BCUT2D eigenvalue weighted by Gasteiger charge is -2.03. The first-order valence-corrected chi connectivity index (χ1v) is 7.06. The zero-order valence-electron chi connectivity index (χ0n) is 12.0. The van der Waals surface area contributed by atoms with Gasteiger partial charge in [-0.1, -0.05) is 60.0 Å². The Morgan fingerprint density at radius 2 is 1.56 bits per heavy atom. The molecule has 1 heteroatoms. The molecular formula is C15H31N. The van der Waals surface area contributed by atoms with Crippen LogP contribution in [0.15, 0.2) is 17.1 Å². The lowest BCUT2D eigenvalue weighted by Crippen LogP contribution is -1.89. The predicted octanol–water partition coefficient (Wildman–Crippen LogP) is 5.27. The summed E-state index contributed by atoms with van der Waals surface area (Å²) in [6, 6.07) is 0. The number of allylic oxidation sites excluding steroid dienone is 2. The fourth-order valence-electron chi connectivity index (χ4n) is 1.49. The second-order valence-corrected chi connectivity index (χ2v) is 3.62. The largest absolute Gasteiger partial charge is 0.293 e. The van der Waals surface area contributed by atoms with Gasteiger partial charge in [0.15, 0.2) is 0 Å². The molecule has 1 heterocycles. The molecule has 0 spiro atoms. The highest BCUT2D eigenvalue weighted by atomic mass is 14.7. The molecule has 1 aliphatic rings. The maximum absolute atomic E-state index is 4.30. The summed E-state index contributed by atoms with van der Waals surface area (Å²) in [5.74, 6) is 0.731. The molecule has 1 atom stereocenters. The quantitative estimate of drug-likeness (QED) is 0.533. The zero-order chi connectivity index (χ0) is 12.6. The third kappa shape index (κ3) is 13.4. The third-order valence-corrected chi connectivity index (χ3v) is 2.33. The van der Waals surface area contributed by atoms with Crippen molar-refractivity contribution in [1.29, 1.82) is 0 Å².